The van der Waals surface area contributed by atoms with Crippen LogP contribution in [-0.2, 0) is 39.3 Å². The van der Waals surface area contributed by atoms with Crippen LogP contribution < -0.4 is 10.9 Å². The molecule has 0 unspecified atom stereocenters. The minimum absolute atomic E-state index is 0.0214. The highest BCUT2D eigenvalue weighted by Gasteiger charge is 2.15. The molecule has 59 heavy (non-hydrogen) atoms. The first-order valence-corrected chi connectivity index (χ1v) is 20.0. The van der Waals surface area contributed by atoms with Gasteiger partial charge in [-0.3, -0.25) is 29.4 Å². The predicted octanol–water partition coefficient (Wildman–Crippen LogP) is 8.27. The molecule has 8 rings (SSSR count). The third-order valence-corrected chi connectivity index (χ3v) is 10.3. The van der Waals surface area contributed by atoms with Crippen molar-refractivity contribution in [2.75, 3.05) is 13.1 Å². The Kier molecular flexibility index (Phi) is 14.0. The zero-order valence-corrected chi connectivity index (χ0v) is 33.9. The lowest BCUT2D eigenvalue weighted by Crippen LogP contribution is -2.27. The van der Waals surface area contributed by atoms with E-state index in [4.69, 9.17) is 15.4 Å². The summed E-state index contributed by atoms with van der Waals surface area (Å²) in [6.45, 7) is 13.0. The van der Waals surface area contributed by atoms with Crippen molar-refractivity contribution in [3.05, 3.63) is 194 Å². The number of imidazole rings is 2. The molecule has 0 saturated carbocycles. The van der Waals surface area contributed by atoms with E-state index in [1.54, 1.807) is 67.7 Å². The van der Waals surface area contributed by atoms with Gasteiger partial charge in [0.15, 0.2) is 16.5 Å². The van der Waals surface area contributed by atoms with Crippen LogP contribution in [0.25, 0.3) is 26.8 Å². The number of aromatic nitrogens is 6. The molecule has 13 nitrogen and oxygen atoms in total. The number of benzene rings is 2. The van der Waals surface area contributed by atoms with E-state index in [0.29, 0.717) is 58.4 Å². The van der Waals surface area contributed by atoms with Crippen LogP contribution in [0.4, 0.5) is 5.69 Å². The molecule has 6 aromatic heterocycles. The molecule has 0 radical (unpaired) electrons. The molecule has 298 valence electrons. The number of rotatable bonds is 16. The standard InChI is InChI=1S/C23H21N5O2.C22H21BrN4O2/c1-24-20-3-4-21-22(13-20)30-16-19(23(21)29)15-28(14-18-5-7-25-8-6-18)11-2-10-27-12-9-26-17-27;23-19-2-3-20-21(12-19)29-15-18(22(20)28)14-27(13-17-4-6-24-7-5-17)10-1-9-26-11-8-25-16-26/h3-9,12-13,16-17H,2,10-11,14-15H2;2-8,11-12,15-16H,1,9-10,13-14H2. The van der Waals surface area contributed by atoms with Crippen LogP contribution in [0.15, 0.2) is 158 Å². The van der Waals surface area contributed by atoms with Gasteiger partial charge in [0.2, 0.25) is 0 Å². The quantitative estimate of drug-likeness (QED) is 0.0876. The highest BCUT2D eigenvalue weighted by Crippen LogP contribution is 2.21. The van der Waals surface area contributed by atoms with E-state index < -0.39 is 0 Å². The van der Waals surface area contributed by atoms with Crippen molar-refractivity contribution in [3.63, 3.8) is 0 Å². The first-order valence-electron chi connectivity index (χ1n) is 19.2. The van der Waals surface area contributed by atoms with E-state index in [-0.39, 0.29) is 10.9 Å². The molecule has 0 N–H and O–H groups in total. The average molecular weight is 853 g/mol. The summed E-state index contributed by atoms with van der Waals surface area (Å²) < 4.78 is 16.4. The van der Waals surface area contributed by atoms with E-state index in [1.807, 2.05) is 66.0 Å². The first kappa shape index (κ1) is 40.7. The molecule has 0 aliphatic carbocycles. The van der Waals surface area contributed by atoms with Crippen LogP contribution in [0.2, 0.25) is 0 Å². The zero-order chi connectivity index (χ0) is 40.8. The summed E-state index contributed by atoms with van der Waals surface area (Å²) in [6.07, 6.45) is 23.2. The number of aryl methyl sites for hydroxylation is 2. The fraction of sp³-hybridized carbons (Fsp3) is 0.222. The lowest BCUT2D eigenvalue weighted by atomic mass is 10.1. The largest absolute Gasteiger partial charge is 0.465 e. The van der Waals surface area contributed by atoms with Crippen molar-refractivity contribution < 1.29 is 8.83 Å². The summed E-state index contributed by atoms with van der Waals surface area (Å²) in [6, 6.07) is 18.4. The topological polar surface area (TPSA) is 133 Å². The lowest BCUT2D eigenvalue weighted by molar-refractivity contribution is 0.246. The zero-order valence-electron chi connectivity index (χ0n) is 32.3. The molecule has 6 heterocycles. The minimum atomic E-state index is -0.0536. The molecule has 0 bridgehead atoms. The highest BCUT2D eigenvalue weighted by atomic mass is 79.9. The van der Waals surface area contributed by atoms with Crippen LogP contribution in [0, 0.1) is 6.57 Å². The Morgan fingerprint density at radius 3 is 1.58 bits per heavy atom. The molecule has 0 fully saturated rings. The second-order valence-electron chi connectivity index (χ2n) is 14.1. The molecule has 0 aliphatic rings. The molecule has 8 aromatic rings. The predicted molar refractivity (Wildman–Crippen MR) is 229 cm³/mol. The van der Waals surface area contributed by atoms with E-state index in [0.717, 1.165) is 61.2 Å². The van der Waals surface area contributed by atoms with Gasteiger partial charge in [-0.2, -0.15) is 0 Å². The third-order valence-electron chi connectivity index (χ3n) is 9.77. The summed E-state index contributed by atoms with van der Waals surface area (Å²) in [4.78, 5) is 50.2. The molecule has 0 amide bonds. The number of hydrogen-bond acceptors (Lipinski definition) is 10. The van der Waals surface area contributed by atoms with Gasteiger partial charge in [-0.05, 0) is 72.5 Å². The number of halogens is 1. The van der Waals surface area contributed by atoms with Gasteiger partial charge in [-0.1, -0.05) is 28.1 Å². The number of nitrogens with zero attached hydrogens (tertiary/aromatic N) is 9. The van der Waals surface area contributed by atoms with Gasteiger partial charge in [0.05, 0.1) is 42.5 Å². The Hall–Kier alpha value is -6.53. The van der Waals surface area contributed by atoms with E-state index in [2.05, 4.69) is 55.1 Å². The fourth-order valence-corrected chi connectivity index (χ4v) is 7.12. The van der Waals surface area contributed by atoms with Crippen molar-refractivity contribution >= 4 is 43.6 Å². The Morgan fingerprint density at radius 2 is 1.10 bits per heavy atom. The molecular weight excluding hydrogens is 810 g/mol. The van der Waals surface area contributed by atoms with E-state index in [9.17, 15) is 9.59 Å². The summed E-state index contributed by atoms with van der Waals surface area (Å²) in [5.74, 6) is 0. The molecule has 14 heteroatoms. The molecule has 0 aliphatic heterocycles. The monoisotopic (exact) mass is 851 g/mol. The lowest BCUT2D eigenvalue weighted by Gasteiger charge is -2.22. The van der Waals surface area contributed by atoms with Crippen LogP contribution in [-0.4, -0.2) is 52.0 Å². The van der Waals surface area contributed by atoms with Gasteiger partial charge < -0.3 is 18.0 Å². The SMILES string of the molecule is O=c1c(CN(CCCn2ccnc2)Cc2ccncc2)coc2cc(Br)ccc12.[C-]#[N+]c1ccc2c(=O)c(CN(CCCn3ccnc3)Cc3ccncc3)coc2c1. The normalized spacial score (nSPS) is 11.2. The first-order chi connectivity index (χ1) is 28.9. The second-order valence-corrected chi connectivity index (χ2v) is 15.0. The molecule has 0 atom stereocenters. The van der Waals surface area contributed by atoms with Crippen LogP contribution >= 0.6 is 15.9 Å². The number of pyridine rings is 2. The second kappa shape index (κ2) is 20.2. The Balaban J connectivity index is 0.000000179. The minimum Gasteiger partial charge on any atom is -0.465 e. The van der Waals surface area contributed by atoms with Gasteiger partial charge >= 0.3 is 0 Å². The number of hydrogen-bond donors (Lipinski definition) is 0. The molecule has 0 saturated heterocycles. The molecule has 0 spiro atoms. The van der Waals surface area contributed by atoms with Crippen molar-refractivity contribution in [1.29, 1.82) is 0 Å². The maximum Gasteiger partial charge on any atom is 0.197 e. The average Bonchev–Trinajstić information content (AvgIpc) is 3.99. The van der Waals surface area contributed by atoms with Gasteiger partial charge in [0.1, 0.15) is 11.2 Å². The van der Waals surface area contributed by atoms with Crippen molar-refractivity contribution in [1.82, 2.24) is 38.9 Å². The fourth-order valence-electron chi connectivity index (χ4n) is 6.78. The third kappa shape index (κ3) is 11.3. The smallest absolute Gasteiger partial charge is 0.197 e. The van der Waals surface area contributed by atoms with Gasteiger partial charge in [-0.25, -0.2) is 14.8 Å². The summed E-state index contributed by atoms with van der Waals surface area (Å²) >= 11 is 3.42. The van der Waals surface area contributed by atoms with Crippen molar-refractivity contribution in [3.8, 4) is 0 Å². The Bertz CT molecular complexity index is 2720. The van der Waals surface area contributed by atoms with Crippen LogP contribution in [0.5, 0.6) is 0 Å². The highest BCUT2D eigenvalue weighted by molar-refractivity contribution is 9.10. The molecule has 2 aromatic carbocycles. The van der Waals surface area contributed by atoms with Crippen LogP contribution in [0.1, 0.15) is 35.1 Å². The van der Waals surface area contributed by atoms with Gasteiger partial charge in [-0.15, -0.1) is 0 Å². The van der Waals surface area contributed by atoms with Crippen molar-refractivity contribution in [2.24, 2.45) is 0 Å². The summed E-state index contributed by atoms with van der Waals surface area (Å²) in [5.41, 5.74) is 5.03. The number of fused-ring (bicyclic) bond motifs is 2. The Labute approximate surface area is 349 Å². The Morgan fingerprint density at radius 1 is 0.610 bits per heavy atom. The summed E-state index contributed by atoms with van der Waals surface area (Å²) in [5, 5.41) is 1.11. The van der Waals surface area contributed by atoms with Gasteiger partial charge in [0.25, 0.3) is 0 Å². The van der Waals surface area contributed by atoms with Gasteiger partial charge in [0, 0.05) is 118 Å². The maximum absolute atomic E-state index is 13.0. The van der Waals surface area contributed by atoms with E-state index >= 15 is 0 Å². The van der Waals surface area contributed by atoms with Crippen LogP contribution in [0.3, 0.4) is 0 Å². The summed E-state index contributed by atoms with van der Waals surface area (Å²) in [7, 11) is 0. The molecular formula is C45H42BrN9O4. The maximum atomic E-state index is 13.0. The van der Waals surface area contributed by atoms with E-state index in [1.165, 1.54) is 6.26 Å². The van der Waals surface area contributed by atoms with Crippen molar-refractivity contribution in [2.45, 2.75) is 52.1 Å².